The third-order valence-electron chi connectivity index (χ3n) is 4.21. The van der Waals surface area contributed by atoms with Crippen LogP contribution in [0.5, 0.6) is 0 Å². The molecule has 0 saturated carbocycles. The molecule has 138 valence electrons. The van der Waals surface area contributed by atoms with E-state index in [0.717, 1.165) is 11.3 Å². The molecular formula is C22H18N4O2. The first kappa shape index (κ1) is 17.6. The van der Waals surface area contributed by atoms with Crippen LogP contribution in [0.15, 0.2) is 84.9 Å². The van der Waals surface area contributed by atoms with Gasteiger partial charge in [-0.05, 0) is 29.8 Å². The summed E-state index contributed by atoms with van der Waals surface area (Å²) in [4.78, 5) is 17.2. The summed E-state index contributed by atoms with van der Waals surface area (Å²) in [6.07, 6.45) is 0. The summed E-state index contributed by atoms with van der Waals surface area (Å²) in [6, 6.07) is 26.2. The monoisotopic (exact) mass is 370 g/mol. The van der Waals surface area contributed by atoms with E-state index in [1.165, 1.54) is 0 Å². The highest BCUT2D eigenvalue weighted by molar-refractivity contribution is 6.01. The first-order valence-corrected chi connectivity index (χ1v) is 8.83. The Morgan fingerprint density at radius 2 is 1.64 bits per heavy atom. The number of aromatic nitrogens is 3. The van der Waals surface area contributed by atoms with Crippen molar-refractivity contribution >= 4 is 11.6 Å². The Bertz CT molecular complexity index is 1030. The summed E-state index contributed by atoms with van der Waals surface area (Å²) in [5.41, 5.74) is 2.97. The van der Waals surface area contributed by atoms with Gasteiger partial charge in [0.2, 0.25) is 5.82 Å². The molecule has 0 unspecified atom stereocenters. The van der Waals surface area contributed by atoms with Crippen molar-refractivity contribution in [2.75, 3.05) is 5.32 Å². The highest BCUT2D eigenvalue weighted by atomic mass is 16.3. The summed E-state index contributed by atoms with van der Waals surface area (Å²) in [5, 5.41) is 16.5. The van der Waals surface area contributed by atoms with Gasteiger partial charge in [0.25, 0.3) is 5.91 Å². The lowest BCUT2D eigenvalue weighted by atomic mass is 10.2. The maximum atomic E-state index is 12.7. The van der Waals surface area contributed by atoms with Crippen molar-refractivity contribution < 1.29 is 9.90 Å². The summed E-state index contributed by atoms with van der Waals surface area (Å²) >= 11 is 0. The number of aliphatic hydroxyl groups is 1. The molecule has 28 heavy (non-hydrogen) atoms. The molecular weight excluding hydrogens is 352 g/mol. The minimum Gasteiger partial charge on any atom is -0.392 e. The maximum Gasteiger partial charge on any atom is 0.295 e. The fraction of sp³-hybridized carbons (Fsp3) is 0.0455. The minimum absolute atomic E-state index is 0.0668. The van der Waals surface area contributed by atoms with Gasteiger partial charge in [-0.3, -0.25) is 4.79 Å². The predicted octanol–water partition coefficient (Wildman–Crippen LogP) is 3.68. The molecule has 0 aliphatic carbocycles. The number of carbonyl (C=O) groups excluding carboxylic acids is 1. The normalized spacial score (nSPS) is 10.6. The largest absolute Gasteiger partial charge is 0.392 e. The van der Waals surface area contributed by atoms with Crippen molar-refractivity contribution in [2.45, 2.75) is 6.61 Å². The number of rotatable bonds is 5. The fourth-order valence-corrected chi connectivity index (χ4v) is 2.87. The van der Waals surface area contributed by atoms with Crippen molar-refractivity contribution in [1.82, 2.24) is 14.8 Å². The van der Waals surface area contributed by atoms with E-state index in [1.54, 1.807) is 28.9 Å². The molecule has 6 nitrogen and oxygen atoms in total. The van der Waals surface area contributed by atoms with E-state index in [9.17, 15) is 9.90 Å². The van der Waals surface area contributed by atoms with Gasteiger partial charge in [0.05, 0.1) is 12.3 Å². The molecule has 4 aromatic rings. The molecule has 0 spiro atoms. The van der Waals surface area contributed by atoms with E-state index in [4.69, 9.17) is 0 Å². The Hall–Kier alpha value is -3.77. The number of hydrogen-bond donors (Lipinski definition) is 2. The Balaban J connectivity index is 1.71. The molecule has 0 atom stereocenters. The highest BCUT2D eigenvalue weighted by Gasteiger charge is 2.18. The first-order chi connectivity index (χ1) is 13.7. The van der Waals surface area contributed by atoms with Crippen LogP contribution in [0.4, 0.5) is 5.69 Å². The molecule has 1 heterocycles. The number of nitrogens with zero attached hydrogens (tertiary/aromatic N) is 3. The second-order valence-electron chi connectivity index (χ2n) is 6.19. The Labute approximate surface area is 162 Å². The zero-order valence-corrected chi connectivity index (χ0v) is 15.0. The topological polar surface area (TPSA) is 80.0 Å². The van der Waals surface area contributed by atoms with Crippen LogP contribution in [0.3, 0.4) is 0 Å². The van der Waals surface area contributed by atoms with E-state index in [0.29, 0.717) is 17.1 Å². The molecule has 1 amide bonds. The maximum absolute atomic E-state index is 12.7. The first-order valence-electron chi connectivity index (χ1n) is 8.83. The van der Waals surface area contributed by atoms with Crippen LogP contribution in [-0.2, 0) is 6.61 Å². The van der Waals surface area contributed by atoms with Crippen molar-refractivity contribution in [3.63, 3.8) is 0 Å². The molecule has 3 aromatic carbocycles. The molecule has 4 rings (SSSR count). The van der Waals surface area contributed by atoms with Gasteiger partial charge in [0, 0.05) is 11.3 Å². The molecule has 1 aromatic heterocycles. The lowest BCUT2D eigenvalue weighted by Gasteiger charge is -2.05. The summed E-state index contributed by atoms with van der Waals surface area (Å²) in [5.74, 6) is 0.236. The number of carbonyl (C=O) groups is 1. The lowest BCUT2D eigenvalue weighted by molar-refractivity contribution is 0.101. The summed E-state index contributed by atoms with van der Waals surface area (Å²) in [6.45, 7) is -0.0945. The summed E-state index contributed by atoms with van der Waals surface area (Å²) < 4.78 is 1.66. The Morgan fingerprint density at radius 3 is 2.36 bits per heavy atom. The van der Waals surface area contributed by atoms with Crippen molar-refractivity contribution in [3.8, 4) is 17.1 Å². The number of hydrogen-bond acceptors (Lipinski definition) is 4. The fourth-order valence-electron chi connectivity index (χ4n) is 2.87. The van der Waals surface area contributed by atoms with Crippen LogP contribution in [0.1, 0.15) is 16.2 Å². The van der Waals surface area contributed by atoms with E-state index < -0.39 is 5.91 Å². The van der Waals surface area contributed by atoms with Gasteiger partial charge in [-0.15, -0.1) is 5.10 Å². The van der Waals surface area contributed by atoms with Crippen molar-refractivity contribution in [3.05, 3.63) is 96.3 Å². The number of benzene rings is 3. The molecule has 0 fully saturated rings. The lowest BCUT2D eigenvalue weighted by Crippen LogP contribution is -2.14. The molecule has 0 saturated heterocycles. The zero-order valence-electron chi connectivity index (χ0n) is 15.0. The van der Waals surface area contributed by atoms with Crippen LogP contribution in [-0.4, -0.2) is 25.8 Å². The molecule has 0 aliphatic rings. The van der Waals surface area contributed by atoms with E-state index in [1.807, 2.05) is 60.7 Å². The van der Waals surface area contributed by atoms with E-state index in [-0.39, 0.29) is 12.4 Å². The van der Waals surface area contributed by atoms with Gasteiger partial charge >= 0.3 is 0 Å². The van der Waals surface area contributed by atoms with Crippen molar-refractivity contribution in [1.29, 1.82) is 0 Å². The second kappa shape index (κ2) is 7.85. The average Bonchev–Trinajstić information content (AvgIpc) is 3.21. The smallest absolute Gasteiger partial charge is 0.295 e. The third-order valence-corrected chi connectivity index (χ3v) is 4.21. The zero-order chi connectivity index (χ0) is 19.3. The predicted molar refractivity (Wildman–Crippen MR) is 107 cm³/mol. The van der Waals surface area contributed by atoms with Gasteiger partial charge in [-0.25, -0.2) is 9.67 Å². The van der Waals surface area contributed by atoms with Crippen LogP contribution in [0.25, 0.3) is 17.1 Å². The Kier molecular flexibility index (Phi) is 4.95. The molecule has 0 radical (unpaired) electrons. The van der Waals surface area contributed by atoms with E-state index >= 15 is 0 Å². The van der Waals surface area contributed by atoms with Crippen LogP contribution < -0.4 is 5.32 Å². The van der Waals surface area contributed by atoms with Gasteiger partial charge in [-0.1, -0.05) is 60.7 Å². The minimum atomic E-state index is -0.415. The molecule has 0 bridgehead atoms. The second-order valence-corrected chi connectivity index (χ2v) is 6.19. The number of anilines is 1. The van der Waals surface area contributed by atoms with Crippen LogP contribution in [0.2, 0.25) is 0 Å². The standard InChI is InChI=1S/C22H18N4O2/c27-15-16-8-7-11-18(14-16)23-22(28)20-24-21(17-9-3-1-4-10-17)26(25-20)19-12-5-2-6-13-19/h1-14,27H,15H2,(H,23,28). The van der Waals surface area contributed by atoms with Gasteiger partial charge in [0.15, 0.2) is 5.82 Å². The van der Waals surface area contributed by atoms with Crippen LogP contribution >= 0.6 is 0 Å². The molecule has 6 heteroatoms. The van der Waals surface area contributed by atoms with Crippen molar-refractivity contribution in [2.24, 2.45) is 0 Å². The number of nitrogens with one attached hydrogen (secondary N) is 1. The SMILES string of the molecule is O=C(Nc1cccc(CO)c1)c1nc(-c2ccccc2)n(-c2ccccc2)n1. The van der Waals surface area contributed by atoms with Gasteiger partial charge < -0.3 is 10.4 Å². The number of amides is 1. The van der Waals surface area contributed by atoms with Crippen LogP contribution in [0, 0.1) is 0 Å². The van der Waals surface area contributed by atoms with Gasteiger partial charge in [0.1, 0.15) is 0 Å². The summed E-state index contributed by atoms with van der Waals surface area (Å²) in [7, 11) is 0. The number of para-hydroxylation sites is 1. The highest BCUT2D eigenvalue weighted by Crippen LogP contribution is 2.21. The van der Waals surface area contributed by atoms with Gasteiger partial charge in [-0.2, -0.15) is 0 Å². The van der Waals surface area contributed by atoms with E-state index in [2.05, 4.69) is 15.4 Å². The number of aliphatic hydroxyl groups excluding tert-OH is 1. The molecule has 0 aliphatic heterocycles. The quantitative estimate of drug-likeness (QED) is 0.562. The molecule has 2 N–H and O–H groups in total. The third kappa shape index (κ3) is 3.67. The Morgan fingerprint density at radius 1 is 0.929 bits per heavy atom. The average molecular weight is 370 g/mol.